The molecule has 64 valence electrons. The van der Waals surface area contributed by atoms with Crippen LogP contribution in [-0.4, -0.2) is 13.1 Å². The Morgan fingerprint density at radius 3 is 2.64 bits per heavy atom. The lowest BCUT2D eigenvalue weighted by atomic mass is 10.2. The molecule has 0 aliphatic heterocycles. The van der Waals surface area contributed by atoms with Gasteiger partial charge in [-0.25, -0.2) is 0 Å². The summed E-state index contributed by atoms with van der Waals surface area (Å²) < 4.78 is 0. The molecule has 0 aliphatic rings. The Labute approximate surface area is 70.6 Å². The quantitative estimate of drug-likeness (QED) is 0.455. The van der Waals surface area contributed by atoms with Crippen molar-refractivity contribution in [2.75, 3.05) is 13.1 Å². The van der Waals surface area contributed by atoms with Crippen LogP contribution < -0.4 is 5.32 Å². The standard InChI is InChI=1S/C10H19N/c1-3-5-7-9-11-10-8-6-4-2/h11H,3,5,7-10H2,1-2H3. The fraction of sp³-hybridized carbons (Fsp3) is 0.800. The van der Waals surface area contributed by atoms with Gasteiger partial charge in [-0.15, -0.1) is 11.8 Å². The van der Waals surface area contributed by atoms with Crippen LogP contribution in [0.25, 0.3) is 0 Å². The summed E-state index contributed by atoms with van der Waals surface area (Å²) in [5.74, 6) is 5.91. The van der Waals surface area contributed by atoms with Gasteiger partial charge in [-0.05, 0) is 19.9 Å². The van der Waals surface area contributed by atoms with Crippen LogP contribution in [0, 0.1) is 11.8 Å². The summed E-state index contributed by atoms with van der Waals surface area (Å²) in [5.41, 5.74) is 0. The van der Waals surface area contributed by atoms with Crippen molar-refractivity contribution in [3.05, 3.63) is 0 Å². The zero-order valence-corrected chi connectivity index (χ0v) is 7.74. The van der Waals surface area contributed by atoms with Gasteiger partial charge in [-0.3, -0.25) is 0 Å². The fourth-order valence-electron chi connectivity index (χ4n) is 0.901. The van der Waals surface area contributed by atoms with Crippen molar-refractivity contribution < 1.29 is 0 Å². The molecule has 11 heavy (non-hydrogen) atoms. The molecule has 0 atom stereocenters. The van der Waals surface area contributed by atoms with Gasteiger partial charge >= 0.3 is 0 Å². The third-order valence-electron chi connectivity index (χ3n) is 1.56. The summed E-state index contributed by atoms with van der Waals surface area (Å²) in [4.78, 5) is 0. The number of nitrogens with one attached hydrogen (secondary N) is 1. The molecule has 1 nitrogen and oxygen atoms in total. The lowest BCUT2D eigenvalue weighted by molar-refractivity contribution is 0.623. The first-order chi connectivity index (χ1) is 5.41. The van der Waals surface area contributed by atoms with E-state index >= 15 is 0 Å². The van der Waals surface area contributed by atoms with Crippen molar-refractivity contribution in [2.45, 2.75) is 39.5 Å². The van der Waals surface area contributed by atoms with E-state index in [0.717, 1.165) is 19.5 Å². The maximum Gasteiger partial charge on any atom is 0.0214 e. The largest absolute Gasteiger partial charge is 0.316 e. The Morgan fingerprint density at radius 2 is 2.00 bits per heavy atom. The van der Waals surface area contributed by atoms with Gasteiger partial charge in [0.15, 0.2) is 0 Å². The summed E-state index contributed by atoms with van der Waals surface area (Å²) >= 11 is 0. The number of unbranched alkanes of at least 4 members (excludes halogenated alkanes) is 2. The molecule has 0 aliphatic carbocycles. The predicted octanol–water partition coefficient (Wildman–Crippen LogP) is 2.18. The van der Waals surface area contributed by atoms with Gasteiger partial charge in [-0.2, -0.15) is 0 Å². The van der Waals surface area contributed by atoms with Gasteiger partial charge in [-0.1, -0.05) is 19.8 Å². The average molecular weight is 153 g/mol. The minimum atomic E-state index is 0.989. The Balaban J connectivity index is 2.83. The van der Waals surface area contributed by atoms with E-state index in [1.807, 2.05) is 6.92 Å². The highest BCUT2D eigenvalue weighted by atomic mass is 14.8. The van der Waals surface area contributed by atoms with Gasteiger partial charge in [0.05, 0.1) is 0 Å². The van der Waals surface area contributed by atoms with E-state index in [9.17, 15) is 0 Å². The van der Waals surface area contributed by atoms with E-state index in [2.05, 4.69) is 24.1 Å². The molecule has 0 heterocycles. The van der Waals surface area contributed by atoms with Gasteiger partial charge in [0, 0.05) is 13.0 Å². The Morgan fingerprint density at radius 1 is 1.18 bits per heavy atom. The van der Waals surface area contributed by atoms with Gasteiger partial charge in [0.2, 0.25) is 0 Å². The summed E-state index contributed by atoms with van der Waals surface area (Å²) in [6.07, 6.45) is 4.93. The molecule has 0 amide bonds. The molecule has 0 rings (SSSR count). The number of rotatable bonds is 6. The molecule has 0 bridgehead atoms. The molecule has 0 aromatic rings. The molecule has 0 spiro atoms. The van der Waals surface area contributed by atoms with Crippen LogP contribution in [0.3, 0.4) is 0 Å². The summed E-state index contributed by atoms with van der Waals surface area (Å²) in [7, 11) is 0. The SMILES string of the molecule is CC#CCCNCCCCC. The van der Waals surface area contributed by atoms with E-state index in [0.29, 0.717) is 0 Å². The highest BCUT2D eigenvalue weighted by Gasteiger charge is 1.84. The lowest BCUT2D eigenvalue weighted by Gasteiger charge is -1.99. The Kier molecular flexibility index (Phi) is 9.10. The second-order valence-electron chi connectivity index (χ2n) is 2.63. The molecular formula is C10H19N. The fourth-order valence-corrected chi connectivity index (χ4v) is 0.901. The van der Waals surface area contributed by atoms with Crippen molar-refractivity contribution in [2.24, 2.45) is 0 Å². The molecule has 0 aromatic carbocycles. The van der Waals surface area contributed by atoms with Crippen LogP contribution >= 0.6 is 0 Å². The van der Waals surface area contributed by atoms with Crippen molar-refractivity contribution >= 4 is 0 Å². The second-order valence-corrected chi connectivity index (χ2v) is 2.63. The van der Waals surface area contributed by atoms with Crippen LogP contribution in [-0.2, 0) is 0 Å². The van der Waals surface area contributed by atoms with Crippen molar-refractivity contribution in [3.63, 3.8) is 0 Å². The van der Waals surface area contributed by atoms with E-state index in [4.69, 9.17) is 0 Å². The van der Waals surface area contributed by atoms with Gasteiger partial charge in [0.25, 0.3) is 0 Å². The predicted molar refractivity (Wildman–Crippen MR) is 50.5 cm³/mol. The highest BCUT2D eigenvalue weighted by molar-refractivity contribution is 4.94. The van der Waals surface area contributed by atoms with E-state index in [-0.39, 0.29) is 0 Å². The average Bonchev–Trinajstić information content (AvgIpc) is 2.03. The molecule has 1 N–H and O–H groups in total. The highest BCUT2D eigenvalue weighted by Crippen LogP contribution is 1.90. The number of hydrogen-bond acceptors (Lipinski definition) is 1. The monoisotopic (exact) mass is 153 g/mol. The van der Waals surface area contributed by atoms with Crippen LogP contribution in [0.4, 0.5) is 0 Å². The normalized spacial score (nSPS) is 8.91. The molecule has 1 heteroatoms. The summed E-state index contributed by atoms with van der Waals surface area (Å²) in [6, 6.07) is 0. The first-order valence-electron chi connectivity index (χ1n) is 4.52. The Bertz CT molecular complexity index is 119. The zero-order chi connectivity index (χ0) is 8.36. The zero-order valence-electron chi connectivity index (χ0n) is 7.74. The smallest absolute Gasteiger partial charge is 0.0214 e. The molecule has 0 saturated carbocycles. The molecule has 0 radical (unpaired) electrons. The van der Waals surface area contributed by atoms with Crippen molar-refractivity contribution in [1.29, 1.82) is 0 Å². The third kappa shape index (κ3) is 9.52. The molecule has 0 aromatic heterocycles. The first kappa shape index (κ1) is 10.5. The Hall–Kier alpha value is -0.480. The molecular weight excluding hydrogens is 134 g/mol. The van der Waals surface area contributed by atoms with E-state index in [1.54, 1.807) is 0 Å². The minimum absolute atomic E-state index is 0.989. The topological polar surface area (TPSA) is 12.0 Å². The van der Waals surface area contributed by atoms with Crippen LogP contribution in [0.1, 0.15) is 39.5 Å². The van der Waals surface area contributed by atoms with Crippen molar-refractivity contribution in [3.8, 4) is 11.8 Å². The van der Waals surface area contributed by atoms with Gasteiger partial charge in [0.1, 0.15) is 0 Å². The van der Waals surface area contributed by atoms with Crippen LogP contribution in [0.15, 0.2) is 0 Å². The maximum absolute atomic E-state index is 3.35. The van der Waals surface area contributed by atoms with Gasteiger partial charge < -0.3 is 5.32 Å². The summed E-state index contributed by atoms with van der Waals surface area (Å²) in [5, 5.41) is 3.35. The van der Waals surface area contributed by atoms with E-state index < -0.39 is 0 Å². The van der Waals surface area contributed by atoms with E-state index in [1.165, 1.54) is 19.3 Å². The van der Waals surface area contributed by atoms with Crippen LogP contribution in [0.2, 0.25) is 0 Å². The minimum Gasteiger partial charge on any atom is -0.316 e. The first-order valence-corrected chi connectivity index (χ1v) is 4.52. The second kappa shape index (κ2) is 9.52. The van der Waals surface area contributed by atoms with Crippen LogP contribution in [0.5, 0.6) is 0 Å². The molecule has 0 saturated heterocycles. The van der Waals surface area contributed by atoms with Crippen molar-refractivity contribution in [1.82, 2.24) is 5.32 Å². The molecule has 0 unspecified atom stereocenters. The lowest BCUT2D eigenvalue weighted by Crippen LogP contribution is -2.15. The maximum atomic E-state index is 3.35. The summed E-state index contributed by atoms with van der Waals surface area (Å²) in [6.45, 7) is 6.31. The molecule has 0 fully saturated rings. The number of hydrogen-bond donors (Lipinski definition) is 1. The third-order valence-corrected chi connectivity index (χ3v) is 1.56.